The van der Waals surface area contributed by atoms with Crippen LogP contribution in [-0.4, -0.2) is 40.1 Å². The van der Waals surface area contributed by atoms with E-state index in [9.17, 15) is 13.2 Å². The van der Waals surface area contributed by atoms with Crippen molar-refractivity contribution in [3.8, 4) is 11.6 Å². The third-order valence-electron chi connectivity index (χ3n) is 3.93. The number of hydrogen-bond acceptors (Lipinski definition) is 7. The van der Waals surface area contributed by atoms with Gasteiger partial charge in [0.1, 0.15) is 9.84 Å². The molecule has 2 aromatic rings. The maximum atomic E-state index is 11.9. The Bertz CT molecular complexity index is 821. The Balaban J connectivity index is 1.96. The van der Waals surface area contributed by atoms with Gasteiger partial charge < -0.3 is 0 Å². The molecule has 0 N–H and O–H groups in total. The molecule has 9 heteroatoms. The molecule has 0 aromatic carbocycles. The predicted molar refractivity (Wildman–Crippen MR) is 77.8 cm³/mol. The van der Waals surface area contributed by atoms with Crippen molar-refractivity contribution < 1.29 is 12.9 Å². The van der Waals surface area contributed by atoms with Gasteiger partial charge in [-0.2, -0.15) is 0 Å². The fourth-order valence-corrected chi connectivity index (χ4v) is 4.39. The van der Waals surface area contributed by atoms with Crippen LogP contribution in [0.15, 0.2) is 27.8 Å². The molecule has 0 bridgehead atoms. The molecule has 22 heavy (non-hydrogen) atoms. The van der Waals surface area contributed by atoms with E-state index in [0.29, 0.717) is 0 Å². The van der Waals surface area contributed by atoms with Crippen molar-refractivity contribution in [1.82, 2.24) is 19.7 Å². The Morgan fingerprint density at radius 2 is 2.00 bits per heavy atom. The Morgan fingerprint density at radius 1 is 1.32 bits per heavy atom. The molecule has 1 aliphatic carbocycles. The number of hydrogen-bond donors (Lipinski definition) is 0. The van der Waals surface area contributed by atoms with E-state index in [1.54, 1.807) is 18.5 Å². The van der Waals surface area contributed by atoms with Gasteiger partial charge in [-0.1, -0.05) is 11.6 Å². The first-order valence-electron chi connectivity index (χ1n) is 6.90. The Labute approximate surface area is 127 Å². The van der Waals surface area contributed by atoms with Crippen LogP contribution in [0.3, 0.4) is 0 Å². The van der Waals surface area contributed by atoms with Crippen LogP contribution in [0, 0.1) is 5.41 Å². The molecule has 2 heterocycles. The minimum Gasteiger partial charge on any atom is -0.295 e. The number of sulfone groups is 1. The molecule has 0 atom stereocenters. The third-order valence-corrected chi connectivity index (χ3v) is 5.06. The topological polar surface area (TPSA) is 108 Å². The molecule has 8 nitrogen and oxygen atoms in total. The van der Waals surface area contributed by atoms with Crippen LogP contribution in [-0.2, 0) is 16.4 Å². The SMILES string of the molecule is CS(=O)(=O)CC1(Cn2c(-c3ncccn3)noc2=O)CCC1. The van der Waals surface area contributed by atoms with E-state index < -0.39 is 21.0 Å². The summed E-state index contributed by atoms with van der Waals surface area (Å²) in [7, 11) is -3.13. The van der Waals surface area contributed by atoms with Crippen LogP contribution < -0.4 is 5.76 Å². The maximum absolute atomic E-state index is 11.9. The highest BCUT2D eigenvalue weighted by molar-refractivity contribution is 7.90. The highest BCUT2D eigenvalue weighted by Crippen LogP contribution is 2.43. The summed E-state index contributed by atoms with van der Waals surface area (Å²) in [5, 5.41) is 3.73. The van der Waals surface area contributed by atoms with Crippen molar-refractivity contribution >= 4 is 9.84 Å². The van der Waals surface area contributed by atoms with E-state index in [1.807, 2.05) is 0 Å². The summed E-state index contributed by atoms with van der Waals surface area (Å²) in [5.74, 6) is -0.0676. The first kappa shape index (κ1) is 14.9. The monoisotopic (exact) mass is 324 g/mol. The molecule has 1 aliphatic rings. The summed E-state index contributed by atoms with van der Waals surface area (Å²) in [6.45, 7) is 0.246. The fraction of sp³-hybridized carbons (Fsp3) is 0.538. The minimum atomic E-state index is -3.13. The van der Waals surface area contributed by atoms with Crippen molar-refractivity contribution in [3.05, 3.63) is 29.0 Å². The standard InChI is InChI=1S/C13H16N4O4S/c1-22(19,20)9-13(4-2-5-13)8-17-11(16-21-12(17)18)10-14-6-3-7-15-10/h3,6-7H,2,4-5,8-9H2,1H3. The van der Waals surface area contributed by atoms with Gasteiger partial charge in [-0.3, -0.25) is 9.09 Å². The lowest BCUT2D eigenvalue weighted by Crippen LogP contribution is -2.42. The van der Waals surface area contributed by atoms with E-state index in [4.69, 9.17) is 4.52 Å². The lowest BCUT2D eigenvalue weighted by molar-refractivity contribution is 0.132. The summed E-state index contributed by atoms with van der Waals surface area (Å²) in [5.41, 5.74) is -0.438. The summed E-state index contributed by atoms with van der Waals surface area (Å²) in [6.07, 6.45) is 6.76. The zero-order chi connectivity index (χ0) is 15.8. The summed E-state index contributed by atoms with van der Waals surface area (Å²) < 4.78 is 29.4. The summed E-state index contributed by atoms with van der Waals surface area (Å²) >= 11 is 0. The molecule has 3 rings (SSSR count). The second-order valence-electron chi connectivity index (χ2n) is 5.85. The van der Waals surface area contributed by atoms with Crippen LogP contribution in [0.25, 0.3) is 11.6 Å². The first-order chi connectivity index (χ1) is 10.4. The molecule has 0 saturated heterocycles. The molecule has 0 amide bonds. The van der Waals surface area contributed by atoms with Crippen molar-refractivity contribution in [2.45, 2.75) is 25.8 Å². The molecule has 0 spiro atoms. The van der Waals surface area contributed by atoms with Crippen molar-refractivity contribution in [2.24, 2.45) is 5.41 Å². The van der Waals surface area contributed by atoms with E-state index >= 15 is 0 Å². The normalized spacial score (nSPS) is 17.1. The lowest BCUT2D eigenvalue weighted by Gasteiger charge is -2.41. The highest BCUT2D eigenvalue weighted by Gasteiger charge is 2.41. The molecule has 118 valence electrons. The molecule has 1 saturated carbocycles. The molecule has 2 aromatic heterocycles. The second kappa shape index (κ2) is 5.31. The molecular weight excluding hydrogens is 308 g/mol. The molecule has 0 unspecified atom stereocenters. The summed E-state index contributed by atoms with van der Waals surface area (Å²) in [4.78, 5) is 20.0. The Hall–Kier alpha value is -2.03. The van der Waals surface area contributed by atoms with Crippen LogP contribution in [0.1, 0.15) is 19.3 Å². The predicted octanol–water partition coefficient (Wildman–Crippen LogP) is 0.508. The van der Waals surface area contributed by atoms with Gasteiger partial charge in [-0.15, -0.1) is 0 Å². The second-order valence-corrected chi connectivity index (χ2v) is 7.99. The smallest absolute Gasteiger partial charge is 0.295 e. The van der Waals surface area contributed by atoms with Gasteiger partial charge in [-0.25, -0.2) is 23.2 Å². The third kappa shape index (κ3) is 2.94. The van der Waals surface area contributed by atoms with Crippen molar-refractivity contribution in [1.29, 1.82) is 0 Å². The van der Waals surface area contributed by atoms with E-state index in [2.05, 4.69) is 15.1 Å². The van der Waals surface area contributed by atoms with Crippen molar-refractivity contribution in [2.75, 3.05) is 12.0 Å². The first-order valence-corrected chi connectivity index (χ1v) is 8.96. The molecule has 0 aliphatic heterocycles. The number of rotatable bonds is 5. The molecule has 1 fully saturated rings. The van der Waals surface area contributed by atoms with Crippen molar-refractivity contribution in [3.63, 3.8) is 0 Å². The van der Waals surface area contributed by atoms with Gasteiger partial charge in [0.05, 0.1) is 5.75 Å². The zero-order valence-electron chi connectivity index (χ0n) is 12.1. The molecular formula is C13H16N4O4S. The van der Waals surface area contributed by atoms with Crippen LogP contribution in [0.4, 0.5) is 0 Å². The number of nitrogens with zero attached hydrogens (tertiary/aromatic N) is 4. The van der Waals surface area contributed by atoms with Crippen LogP contribution in [0.5, 0.6) is 0 Å². The Kier molecular flexibility index (Phi) is 3.59. The average molecular weight is 324 g/mol. The van der Waals surface area contributed by atoms with Gasteiger partial charge in [0.25, 0.3) is 0 Å². The fourth-order valence-electron chi connectivity index (χ4n) is 2.90. The van der Waals surface area contributed by atoms with Gasteiger partial charge in [0.15, 0.2) is 5.82 Å². The number of aromatic nitrogens is 4. The largest absolute Gasteiger partial charge is 0.441 e. The van der Waals surface area contributed by atoms with E-state index in [1.165, 1.54) is 10.8 Å². The van der Waals surface area contributed by atoms with E-state index in [-0.39, 0.29) is 23.9 Å². The highest BCUT2D eigenvalue weighted by atomic mass is 32.2. The average Bonchev–Trinajstić information content (AvgIpc) is 2.77. The minimum absolute atomic E-state index is 0.0483. The van der Waals surface area contributed by atoms with E-state index in [0.717, 1.165) is 19.3 Å². The van der Waals surface area contributed by atoms with Crippen LogP contribution >= 0.6 is 0 Å². The molecule has 0 radical (unpaired) electrons. The quantitative estimate of drug-likeness (QED) is 0.788. The summed E-state index contributed by atoms with van der Waals surface area (Å²) in [6, 6.07) is 1.66. The lowest BCUT2D eigenvalue weighted by atomic mass is 9.70. The van der Waals surface area contributed by atoms with Gasteiger partial charge in [-0.05, 0) is 18.9 Å². The van der Waals surface area contributed by atoms with Gasteiger partial charge in [0.2, 0.25) is 5.82 Å². The van der Waals surface area contributed by atoms with Gasteiger partial charge >= 0.3 is 5.76 Å². The maximum Gasteiger partial charge on any atom is 0.441 e. The Morgan fingerprint density at radius 3 is 2.55 bits per heavy atom. The van der Waals surface area contributed by atoms with Gasteiger partial charge in [0, 0.05) is 30.6 Å². The van der Waals surface area contributed by atoms with Crippen LogP contribution in [0.2, 0.25) is 0 Å². The zero-order valence-corrected chi connectivity index (χ0v) is 12.9.